The predicted octanol–water partition coefficient (Wildman–Crippen LogP) is 1.55. The average Bonchev–Trinajstić information content (AvgIpc) is 2.42. The molecule has 3 N–H and O–H groups in total. The Morgan fingerprint density at radius 2 is 2.16 bits per heavy atom. The van der Waals surface area contributed by atoms with Gasteiger partial charge in [-0.15, -0.1) is 0 Å². The fraction of sp³-hybridized carbons (Fsp3) is 0.500. The molecule has 0 saturated carbocycles. The van der Waals surface area contributed by atoms with E-state index in [9.17, 15) is 4.79 Å². The highest BCUT2D eigenvalue weighted by molar-refractivity contribution is 6.30. The van der Waals surface area contributed by atoms with E-state index in [1.54, 1.807) is 0 Å². The summed E-state index contributed by atoms with van der Waals surface area (Å²) in [6.45, 7) is 4.03. The van der Waals surface area contributed by atoms with Crippen LogP contribution in [0.4, 0.5) is 0 Å². The number of nitrogens with two attached hydrogens (primary N) is 1. The van der Waals surface area contributed by atoms with E-state index in [0.717, 1.165) is 18.5 Å². The van der Waals surface area contributed by atoms with E-state index in [1.165, 1.54) is 0 Å². The maximum Gasteiger partial charge on any atom is 0.237 e. The molecule has 0 radical (unpaired) electrons. The number of nitrogens with zero attached hydrogens (tertiary/aromatic N) is 1. The number of carbonyl (C=O) groups is 1. The van der Waals surface area contributed by atoms with Gasteiger partial charge in [0, 0.05) is 30.7 Å². The zero-order valence-electron chi connectivity index (χ0n) is 11.1. The second-order valence-corrected chi connectivity index (χ2v) is 5.19. The normalized spacial score (nSPS) is 22.1. The van der Waals surface area contributed by atoms with Gasteiger partial charge < -0.3 is 11.1 Å². The van der Waals surface area contributed by atoms with Crippen LogP contribution in [0.5, 0.6) is 0 Å². The molecule has 1 aromatic rings. The molecule has 0 aromatic heterocycles. The van der Waals surface area contributed by atoms with Gasteiger partial charge in [-0.25, -0.2) is 0 Å². The number of nitrogens with one attached hydrogen (secondary N) is 1. The summed E-state index contributed by atoms with van der Waals surface area (Å²) in [5, 5.41) is 3.62. The van der Waals surface area contributed by atoms with Crippen LogP contribution in [0, 0.1) is 0 Å². The third-order valence-corrected chi connectivity index (χ3v) is 3.89. The van der Waals surface area contributed by atoms with Gasteiger partial charge in [0.05, 0.1) is 6.04 Å². The van der Waals surface area contributed by atoms with Crippen molar-refractivity contribution in [1.29, 1.82) is 0 Å². The second-order valence-electron chi connectivity index (χ2n) is 4.76. The monoisotopic (exact) mass is 281 g/mol. The lowest BCUT2D eigenvalue weighted by Gasteiger charge is -2.40. The van der Waals surface area contributed by atoms with Gasteiger partial charge in [-0.05, 0) is 24.1 Å². The molecular weight excluding hydrogens is 262 g/mol. The van der Waals surface area contributed by atoms with Gasteiger partial charge in [0.1, 0.15) is 0 Å². The van der Waals surface area contributed by atoms with Crippen molar-refractivity contribution >= 4 is 17.5 Å². The first-order valence-electron chi connectivity index (χ1n) is 6.66. The van der Waals surface area contributed by atoms with Crippen LogP contribution in [-0.2, 0) is 4.79 Å². The Morgan fingerprint density at radius 3 is 2.74 bits per heavy atom. The molecule has 2 unspecified atom stereocenters. The number of hydrogen-bond acceptors (Lipinski definition) is 3. The fourth-order valence-electron chi connectivity index (χ4n) is 2.67. The summed E-state index contributed by atoms with van der Waals surface area (Å²) in [6.07, 6.45) is 0.788. The number of halogens is 1. The summed E-state index contributed by atoms with van der Waals surface area (Å²) in [6, 6.07) is 7.67. The van der Waals surface area contributed by atoms with Crippen LogP contribution in [-0.4, -0.2) is 36.5 Å². The smallest absolute Gasteiger partial charge is 0.237 e. The highest BCUT2D eigenvalue weighted by Crippen LogP contribution is 2.25. The van der Waals surface area contributed by atoms with E-state index in [1.807, 2.05) is 31.2 Å². The van der Waals surface area contributed by atoms with E-state index in [0.29, 0.717) is 18.1 Å². The van der Waals surface area contributed by atoms with Crippen LogP contribution in [0.2, 0.25) is 5.02 Å². The summed E-state index contributed by atoms with van der Waals surface area (Å²) in [4.78, 5) is 14.1. The van der Waals surface area contributed by atoms with Crippen LogP contribution in [0.15, 0.2) is 24.3 Å². The molecular formula is C14H20ClN3O. The zero-order chi connectivity index (χ0) is 13.8. The molecule has 1 aliphatic heterocycles. The molecule has 5 heteroatoms. The van der Waals surface area contributed by atoms with Crippen molar-refractivity contribution in [3.8, 4) is 0 Å². The molecule has 1 amide bonds. The Bertz CT molecular complexity index is 435. The maximum absolute atomic E-state index is 11.9. The lowest BCUT2D eigenvalue weighted by molar-refractivity contribution is -0.130. The van der Waals surface area contributed by atoms with Crippen molar-refractivity contribution in [1.82, 2.24) is 10.2 Å². The Kier molecular flexibility index (Phi) is 4.80. The van der Waals surface area contributed by atoms with E-state index >= 15 is 0 Å². The van der Waals surface area contributed by atoms with Crippen molar-refractivity contribution in [3.63, 3.8) is 0 Å². The van der Waals surface area contributed by atoms with Gasteiger partial charge in [-0.3, -0.25) is 9.69 Å². The van der Waals surface area contributed by atoms with Crippen molar-refractivity contribution in [2.24, 2.45) is 5.73 Å². The number of hydrogen-bond donors (Lipinski definition) is 2. The van der Waals surface area contributed by atoms with Crippen molar-refractivity contribution in [2.75, 3.05) is 19.6 Å². The maximum atomic E-state index is 11.9. The summed E-state index contributed by atoms with van der Waals surface area (Å²) >= 11 is 5.92. The van der Waals surface area contributed by atoms with E-state index in [4.69, 9.17) is 17.3 Å². The van der Waals surface area contributed by atoms with Gasteiger partial charge in [0.2, 0.25) is 5.91 Å². The molecule has 1 heterocycles. The van der Waals surface area contributed by atoms with Gasteiger partial charge in [0.25, 0.3) is 0 Å². The Hall–Kier alpha value is -1.10. The molecule has 19 heavy (non-hydrogen) atoms. The number of amides is 1. The van der Waals surface area contributed by atoms with Crippen LogP contribution >= 0.6 is 11.6 Å². The second kappa shape index (κ2) is 6.37. The van der Waals surface area contributed by atoms with E-state index in [-0.39, 0.29) is 18.0 Å². The van der Waals surface area contributed by atoms with Crippen LogP contribution in [0.25, 0.3) is 0 Å². The standard InChI is InChI=1S/C14H20ClN3O/c1-2-12-14(19)17-7-8-18(12)13(9-16)10-3-5-11(15)6-4-10/h3-6,12-13H,2,7-9,16H2,1H3,(H,17,19). The van der Waals surface area contributed by atoms with Gasteiger partial charge in [-0.2, -0.15) is 0 Å². The van der Waals surface area contributed by atoms with Crippen molar-refractivity contribution in [3.05, 3.63) is 34.9 Å². The summed E-state index contributed by atoms with van der Waals surface area (Å²) in [5.41, 5.74) is 7.04. The molecule has 1 aromatic carbocycles. The van der Waals surface area contributed by atoms with Gasteiger partial charge >= 0.3 is 0 Å². The Labute approximate surface area is 118 Å². The quantitative estimate of drug-likeness (QED) is 0.880. The number of benzene rings is 1. The lowest BCUT2D eigenvalue weighted by atomic mass is 10.0. The first-order valence-corrected chi connectivity index (χ1v) is 7.04. The van der Waals surface area contributed by atoms with Crippen LogP contribution < -0.4 is 11.1 Å². The highest BCUT2D eigenvalue weighted by Gasteiger charge is 2.33. The Morgan fingerprint density at radius 1 is 1.47 bits per heavy atom. The predicted molar refractivity (Wildman–Crippen MR) is 77.0 cm³/mol. The first-order chi connectivity index (χ1) is 9.17. The molecule has 0 aliphatic carbocycles. The topological polar surface area (TPSA) is 58.4 Å². The first kappa shape index (κ1) is 14.3. The minimum absolute atomic E-state index is 0.0632. The van der Waals surface area contributed by atoms with Crippen molar-refractivity contribution < 1.29 is 4.79 Å². The molecule has 104 valence electrons. The molecule has 1 saturated heterocycles. The summed E-state index contributed by atoms with van der Waals surface area (Å²) in [5.74, 6) is 0.0983. The summed E-state index contributed by atoms with van der Waals surface area (Å²) in [7, 11) is 0. The molecule has 0 bridgehead atoms. The average molecular weight is 282 g/mol. The minimum atomic E-state index is -0.0991. The van der Waals surface area contributed by atoms with Gasteiger partial charge in [0.15, 0.2) is 0 Å². The van der Waals surface area contributed by atoms with E-state index < -0.39 is 0 Å². The fourth-order valence-corrected chi connectivity index (χ4v) is 2.80. The van der Waals surface area contributed by atoms with Gasteiger partial charge in [-0.1, -0.05) is 30.7 Å². The number of carbonyl (C=O) groups excluding carboxylic acids is 1. The van der Waals surface area contributed by atoms with E-state index in [2.05, 4.69) is 10.2 Å². The van der Waals surface area contributed by atoms with Crippen molar-refractivity contribution in [2.45, 2.75) is 25.4 Å². The molecule has 1 fully saturated rings. The number of rotatable bonds is 4. The van der Waals surface area contributed by atoms with Crippen LogP contribution in [0.3, 0.4) is 0 Å². The SMILES string of the molecule is CCC1C(=O)NCCN1C(CN)c1ccc(Cl)cc1. The molecule has 4 nitrogen and oxygen atoms in total. The Balaban J connectivity index is 2.24. The number of piperazine rings is 1. The minimum Gasteiger partial charge on any atom is -0.353 e. The zero-order valence-corrected chi connectivity index (χ0v) is 11.9. The largest absolute Gasteiger partial charge is 0.353 e. The third kappa shape index (κ3) is 3.08. The van der Waals surface area contributed by atoms with Crippen LogP contribution in [0.1, 0.15) is 24.9 Å². The highest BCUT2D eigenvalue weighted by atomic mass is 35.5. The molecule has 1 aliphatic rings. The molecule has 2 atom stereocenters. The third-order valence-electron chi connectivity index (χ3n) is 3.64. The lowest BCUT2D eigenvalue weighted by Crippen LogP contribution is -2.56. The molecule has 2 rings (SSSR count). The molecule has 0 spiro atoms. The summed E-state index contributed by atoms with van der Waals surface area (Å²) < 4.78 is 0.